The first-order chi connectivity index (χ1) is 7.81. The molecule has 0 amide bonds. The number of hydrogen-bond donors (Lipinski definition) is 1. The van der Waals surface area contributed by atoms with E-state index in [0.717, 1.165) is 32.8 Å². The Labute approximate surface area is 98.3 Å². The van der Waals surface area contributed by atoms with E-state index in [1.807, 2.05) is 0 Å². The quantitative estimate of drug-likeness (QED) is 0.752. The van der Waals surface area contributed by atoms with Crippen LogP contribution < -0.4 is 5.32 Å². The van der Waals surface area contributed by atoms with Gasteiger partial charge in [0.25, 0.3) is 0 Å². The van der Waals surface area contributed by atoms with E-state index in [0.29, 0.717) is 18.1 Å². The highest BCUT2D eigenvalue weighted by molar-refractivity contribution is 4.85. The zero-order valence-corrected chi connectivity index (χ0v) is 10.4. The lowest BCUT2D eigenvalue weighted by molar-refractivity contribution is -0.0220. The Hall–Kier alpha value is -0.160. The zero-order chi connectivity index (χ0) is 11.4. The lowest BCUT2D eigenvalue weighted by Crippen LogP contribution is -2.50. The van der Waals surface area contributed by atoms with E-state index >= 15 is 0 Å². The van der Waals surface area contributed by atoms with Crippen LogP contribution in [-0.2, 0) is 9.47 Å². The fourth-order valence-electron chi connectivity index (χ4n) is 2.73. The summed E-state index contributed by atoms with van der Waals surface area (Å²) in [7, 11) is 1.79. The van der Waals surface area contributed by atoms with Crippen molar-refractivity contribution in [1.29, 1.82) is 0 Å². The molecule has 2 fully saturated rings. The van der Waals surface area contributed by atoms with E-state index in [9.17, 15) is 0 Å². The van der Waals surface area contributed by atoms with Crippen LogP contribution in [0.5, 0.6) is 0 Å². The number of hydrogen-bond acceptors (Lipinski definition) is 4. The molecule has 0 aromatic rings. The molecule has 3 unspecified atom stereocenters. The number of rotatable bonds is 4. The van der Waals surface area contributed by atoms with Gasteiger partial charge in [0.1, 0.15) is 0 Å². The molecule has 0 aromatic heterocycles. The van der Waals surface area contributed by atoms with Gasteiger partial charge < -0.3 is 14.8 Å². The monoisotopic (exact) mass is 228 g/mol. The molecule has 1 N–H and O–H groups in total. The van der Waals surface area contributed by atoms with Crippen LogP contribution in [0.25, 0.3) is 0 Å². The van der Waals surface area contributed by atoms with Crippen LogP contribution in [0.1, 0.15) is 13.3 Å². The summed E-state index contributed by atoms with van der Waals surface area (Å²) in [5.74, 6) is 0.712. The highest BCUT2D eigenvalue weighted by Gasteiger charge is 2.31. The van der Waals surface area contributed by atoms with Gasteiger partial charge >= 0.3 is 0 Å². The van der Waals surface area contributed by atoms with Crippen molar-refractivity contribution < 1.29 is 9.47 Å². The van der Waals surface area contributed by atoms with Gasteiger partial charge in [-0.3, -0.25) is 4.90 Å². The maximum Gasteiger partial charge on any atom is 0.0852 e. The molecule has 3 atom stereocenters. The third kappa shape index (κ3) is 2.94. The number of nitrogens with zero attached hydrogens (tertiary/aromatic N) is 1. The van der Waals surface area contributed by atoms with E-state index in [-0.39, 0.29) is 0 Å². The molecule has 2 saturated heterocycles. The first kappa shape index (κ1) is 12.3. The Balaban J connectivity index is 1.78. The third-order valence-corrected chi connectivity index (χ3v) is 3.79. The van der Waals surface area contributed by atoms with Crippen molar-refractivity contribution in [3.05, 3.63) is 0 Å². The highest BCUT2D eigenvalue weighted by Crippen LogP contribution is 2.21. The smallest absolute Gasteiger partial charge is 0.0852 e. The molecule has 2 heterocycles. The summed E-state index contributed by atoms with van der Waals surface area (Å²) in [4.78, 5) is 2.54. The summed E-state index contributed by atoms with van der Waals surface area (Å²) in [6.45, 7) is 8.37. The molecular formula is C12H24N2O2. The van der Waals surface area contributed by atoms with Gasteiger partial charge in [0.15, 0.2) is 0 Å². The van der Waals surface area contributed by atoms with Gasteiger partial charge in [0, 0.05) is 32.8 Å². The summed E-state index contributed by atoms with van der Waals surface area (Å²) < 4.78 is 11.0. The number of likely N-dealkylation sites (tertiary alicyclic amines) is 1. The van der Waals surface area contributed by atoms with Crippen LogP contribution in [-0.4, -0.2) is 63.5 Å². The highest BCUT2D eigenvalue weighted by atomic mass is 16.5. The van der Waals surface area contributed by atoms with Gasteiger partial charge in [-0.2, -0.15) is 0 Å². The standard InChI is InChI=1S/C12H24N2O2/c1-10(12-7-13-4-6-16-12)14-5-3-11(8-14)9-15-2/h10-13H,3-9H2,1-2H3. The second-order valence-electron chi connectivity index (χ2n) is 4.96. The van der Waals surface area contributed by atoms with Gasteiger partial charge in [0.2, 0.25) is 0 Å². The van der Waals surface area contributed by atoms with Crippen molar-refractivity contribution in [1.82, 2.24) is 10.2 Å². The molecule has 4 heteroatoms. The van der Waals surface area contributed by atoms with Gasteiger partial charge in [-0.25, -0.2) is 0 Å². The van der Waals surface area contributed by atoms with Crippen molar-refractivity contribution in [2.45, 2.75) is 25.5 Å². The summed E-state index contributed by atoms with van der Waals surface area (Å²) in [5, 5.41) is 3.40. The largest absolute Gasteiger partial charge is 0.384 e. The molecule has 16 heavy (non-hydrogen) atoms. The zero-order valence-electron chi connectivity index (χ0n) is 10.4. The number of ether oxygens (including phenoxy) is 2. The van der Waals surface area contributed by atoms with E-state index in [1.165, 1.54) is 13.0 Å². The number of methoxy groups -OCH3 is 1. The summed E-state index contributed by atoms with van der Waals surface area (Å²) >= 11 is 0. The van der Waals surface area contributed by atoms with E-state index in [1.54, 1.807) is 7.11 Å². The molecule has 0 saturated carbocycles. The van der Waals surface area contributed by atoms with Gasteiger partial charge in [-0.1, -0.05) is 0 Å². The fourth-order valence-corrected chi connectivity index (χ4v) is 2.73. The molecule has 0 radical (unpaired) electrons. The third-order valence-electron chi connectivity index (χ3n) is 3.79. The van der Waals surface area contributed by atoms with Gasteiger partial charge in [0.05, 0.1) is 19.3 Å². The Morgan fingerprint density at radius 1 is 1.56 bits per heavy atom. The lowest BCUT2D eigenvalue weighted by Gasteiger charge is -2.34. The molecule has 2 rings (SSSR count). The molecule has 2 aliphatic heterocycles. The van der Waals surface area contributed by atoms with Crippen molar-refractivity contribution in [2.75, 3.05) is 46.5 Å². The van der Waals surface area contributed by atoms with Crippen LogP contribution in [0, 0.1) is 5.92 Å². The van der Waals surface area contributed by atoms with Crippen molar-refractivity contribution in [3.8, 4) is 0 Å². The predicted octanol–water partition coefficient (Wildman–Crippen LogP) is 0.332. The summed E-state index contributed by atoms with van der Waals surface area (Å²) in [6, 6.07) is 0.523. The Kier molecular flexibility index (Phi) is 4.58. The SMILES string of the molecule is COCC1CCN(C(C)C2CNCCO2)C1. The Bertz CT molecular complexity index is 207. The van der Waals surface area contributed by atoms with Crippen LogP contribution in [0.2, 0.25) is 0 Å². The van der Waals surface area contributed by atoms with Crippen LogP contribution in [0.4, 0.5) is 0 Å². The van der Waals surface area contributed by atoms with E-state index in [2.05, 4.69) is 17.1 Å². The molecular weight excluding hydrogens is 204 g/mol. The van der Waals surface area contributed by atoms with Crippen LogP contribution in [0.15, 0.2) is 0 Å². The molecule has 0 bridgehead atoms. The van der Waals surface area contributed by atoms with Crippen LogP contribution in [0.3, 0.4) is 0 Å². The molecule has 2 aliphatic rings. The number of nitrogens with one attached hydrogen (secondary N) is 1. The first-order valence-corrected chi connectivity index (χ1v) is 6.36. The minimum Gasteiger partial charge on any atom is -0.384 e. The molecule has 94 valence electrons. The maximum absolute atomic E-state index is 5.81. The normalized spacial score (nSPS) is 34.1. The van der Waals surface area contributed by atoms with Crippen molar-refractivity contribution in [2.24, 2.45) is 5.92 Å². The minimum absolute atomic E-state index is 0.357. The average Bonchev–Trinajstić information content (AvgIpc) is 2.78. The molecule has 0 aliphatic carbocycles. The van der Waals surface area contributed by atoms with Crippen molar-refractivity contribution in [3.63, 3.8) is 0 Å². The molecule has 4 nitrogen and oxygen atoms in total. The Morgan fingerprint density at radius 2 is 2.44 bits per heavy atom. The van der Waals surface area contributed by atoms with Crippen molar-refractivity contribution >= 4 is 0 Å². The fraction of sp³-hybridized carbons (Fsp3) is 1.00. The summed E-state index contributed by atoms with van der Waals surface area (Å²) in [5.41, 5.74) is 0. The number of morpholine rings is 1. The second-order valence-corrected chi connectivity index (χ2v) is 4.96. The minimum atomic E-state index is 0.357. The first-order valence-electron chi connectivity index (χ1n) is 6.36. The Morgan fingerprint density at radius 3 is 3.12 bits per heavy atom. The predicted molar refractivity (Wildman–Crippen MR) is 63.6 cm³/mol. The maximum atomic E-state index is 5.81. The topological polar surface area (TPSA) is 33.7 Å². The van der Waals surface area contributed by atoms with Gasteiger partial charge in [-0.15, -0.1) is 0 Å². The van der Waals surface area contributed by atoms with Crippen LogP contribution >= 0.6 is 0 Å². The average molecular weight is 228 g/mol. The molecule has 0 aromatic carbocycles. The van der Waals surface area contributed by atoms with E-state index < -0.39 is 0 Å². The molecule has 0 spiro atoms. The second kappa shape index (κ2) is 5.96. The van der Waals surface area contributed by atoms with E-state index in [4.69, 9.17) is 9.47 Å². The van der Waals surface area contributed by atoms with Gasteiger partial charge in [-0.05, 0) is 25.8 Å². The lowest BCUT2D eigenvalue weighted by atomic mass is 10.1. The summed E-state index contributed by atoms with van der Waals surface area (Å²) in [6.07, 6.45) is 1.62.